The zero-order chi connectivity index (χ0) is 21.3. The van der Waals surface area contributed by atoms with E-state index in [1.807, 2.05) is 30.3 Å². The molecule has 0 N–H and O–H groups in total. The van der Waals surface area contributed by atoms with Crippen LogP contribution < -0.4 is 4.74 Å². The summed E-state index contributed by atoms with van der Waals surface area (Å²) in [6, 6.07) is 12.8. The first-order valence-electron chi connectivity index (χ1n) is 11.3. The number of carbonyl (C=O) groups excluding carboxylic acids is 1. The standard InChI is InChI=1S/C26H32N2O2/c1-17(2)21-12-14-28(20-5-4-6-20)16-24(21)26(29)19-7-9-22-18(15-19)8-10-25(30-3)23(22)11-13-27/h7-10,15,17,20-21,24H,4-6,11-12,14,16H2,1-3H3/t21?,24-/m0/s1. The molecule has 0 radical (unpaired) electrons. The lowest BCUT2D eigenvalue weighted by Crippen LogP contribution is -2.51. The zero-order valence-corrected chi connectivity index (χ0v) is 18.4. The number of carbonyl (C=O) groups is 1. The van der Waals surface area contributed by atoms with E-state index < -0.39 is 0 Å². The number of hydrogen-bond donors (Lipinski definition) is 0. The van der Waals surface area contributed by atoms with E-state index in [0.29, 0.717) is 24.3 Å². The molecule has 0 spiro atoms. The molecule has 0 bridgehead atoms. The number of ketones is 1. The van der Waals surface area contributed by atoms with Crippen LogP contribution in [0.25, 0.3) is 10.8 Å². The van der Waals surface area contributed by atoms with Crippen molar-refractivity contribution >= 4 is 16.6 Å². The molecule has 2 fully saturated rings. The molecule has 2 aromatic carbocycles. The van der Waals surface area contributed by atoms with Crippen molar-refractivity contribution in [1.82, 2.24) is 4.90 Å². The third kappa shape index (κ3) is 3.84. The van der Waals surface area contributed by atoms with E-state index in [1.165, 1.54) is 19.3 Å². The maximum absolute atomic E-state index is 13.7. The number of likely N-dealkylation sites (tertiary alicyclic amines) is 1. The van der Waals surface area contributed by atoms with Crippen molar-refractivity contribution in [2.75, 3.05) is 20.2 Å². The van der Waals surface area contributed by atoms with Gasteiger partial charge in [0.2, 0.25) is 0 Å². The van der Waals surface area contributed by atoms with Gasteiger partial charge in [0, 0.05) is 29.6 Å². The maximum Gasteiger partial charge on any atom is 0.167 e. The first kappa shape index (κ1) is 20.9. The second-order valence-electron chi connectivity index (χ2n) is 9.26. The summed E-state index contributed by atoms with van der Waals surface area (Å²) >= 11 is 0. The van der Waals surface area contributed by atoms with E-state index in [1.54, 1.807) is 7.11 Å². The van der Waals surface area contributed by atoms with Crippen LogP contribution in [0.3, 0.4) is 0 Å². The Balaban J connectivity index is 1.65. The van der Waals surface area contributed by atoms with Crippen molar-refractivity contribution in [2.45, 2.75) is 52.0 Å². The molecule has 4 rings (SSSR count). The fraction of sp³-hybridized carbons (Fsp3) is 0.538. The number of fused-ring (bicyclic) bond motifs is 1. The highest BCUT2D eigenvalue weighted by Crippen LogP contribution is 2.37. The molecule has 1 saturated heterocycles. The van der Waals surface area contributed by atoms with Gasteiger partial charge in [-0.3, -0.25) is 9.69 Å². The Kier molecular flexibility index (Phi) is 6.11. The molecule has 0 aromatic heterocycles. The first-order chi connectivity index (χ1) is 14.5. The smallest absolute Gasteiger partial charge is 0.167 e. The highest BCUT2D eigenvalue weighted by molar-refractivity contribution is 6.02. The number of piperidine rings is 1. The predicted molar refractivity (Wildman–Crippen MR) is 120 cm³/mol. The van der Waals surface area contributed by atoms with Crippen LogP contribution in [0.15, 0.2) is 30.3 Å². The van der Waals surface area contributed by atoms with Gasteiger partial charge in [-0.1, -0.05) is 38.5 Å². The van der Waals surface area contributed by atoms with Crippen LogP contribution in [0.5, 0.6) is 5.75 Å². The van der Waals surface area contributed by atoms with Gasteiger partial charge in [-0.2, -0.15) is 5.26 Å². The predicted octanol–water partition coefficient (Wildman–Crippen LogP) is 5.24. The van der Waals surface area contributed by atoms with Gasteiger partial charge in [-0.25, -0.2) is 0 Å². The average molecular weight is 405 g/mol. The molecule has 1 heterocycles. The second kappa shape index (κ2) is 8.78. The molecule has 1 unspecified atom stereocenters. The summed E-state index contributed by atoms with van der Waals surface area (Å²) in [5.74, 6) is 2.02. The molecular weight excluding hydrogens is 372 g/mol. The van der Waals surface area contributed by atoms with Crippen molar-refractivity contribution in [3.8, 4) is 11.8 Å². The van der Waals surface area contributed by atoms with Crippen LogP contribution in [0.2, 0.25) is 0 Å². The Labute approximate surface area is 179 Å². The summed E-state index contributed by atoms with van der Waals surface area (Å²) in [5, 5.41) is 11.2. The number of methoxy groups -OCH3 is 1. The number of Topliss-reactive ketones (excluding diaryl/α,β-unsaturated/α-hetero) is 1. The van der Waals surface area contributed by atoms with Crippen LogP contribution >= 0.6 is 0 Å². The minimum Gasteiger partial charge on any atom is -0.496 e. The van der Waals surface area contributed by atoms with Gasteiger partial charge < -0.3 is 4.74 Å². The Hall–Kier alpha value is -2.38. The Morgan fingerprint density at radius 1 is 1.23 bits per heavy atom. The van der Waals surface area contributed by atoms with Crippen LogP contribution in [0.1, 0.15) is 55.5 Å². The molecule has 1 aliphatic carbocycles. The highest BCUT2D eigenvalue weighted by Gasteiger charge is 2.39. The molecule has 2 aromatic rings. The lowest BCUT2D eigenvalue weighted by Gasteiger charge is -2.46. The fourth-order valence-corrected chi connectivity index (χ4v) is 5.35. The largest absolute Gasteiger partial charge is 0.496 e. The molecule has 2 aliphatic rings. The minimum absolute atomic E-state index is 0.0635. The SMILES string of the molecule is COc1ccc2cc(C(=O)[C@H]3CN(C4CCC4)CCC3C(C)C)ccc2c1CC#N. The number of nitriles is 1. The summed E-state index contributed by atoms with van der Waals surface area (Å²) < 4.78 is 5.45. The Morgan fingerprint density at radius 2 is 2.03 bits per heavy atom. The summed E-state index contributed by atoms with van der Waals surface area (Å²) in [5.41, 5.74) is 1.69. The van der Waals surface area contributed by atoms with Crippen LogP contribution in [-0.4, -0.2) is 36.9 Å². The van der Waals surface area contributed by atoms with Crippen LogP contribution in [0.4, 0.5) is 0 Å². The highest BCUT2D eigenvalue weighted by atomic mass is 16.5. The number of benzene rings is 2. The van der Waals surface area contributed by atoms with E-state index in [4.69, 9.17) is 4.74 Å². The van der Waals surface area contributed by atoms with Gasteiger partial charge in [0.05, 0.1) is 19.6 Å². The summed E-state index contributed by atoms with van der Waals surface area (Å²) in [7, 11) is 1.63. The quantitative estimate of drug-likeness (QED) is 0.618. The molecule has 1 saturated carbocycles. The molecule has 2 atom stereocenters. The zero-order valence-electron chi connectivity index (χ0n) is 18.4. The molecule has 30 heavy (non-hydrogen) atoms. The number of hydrogen-bond acceptors (Lipinski definition) is 4. The van der Waals surface area contributed by atoms with Gasteiger partial charge in [-0.05, 0) is 60.5 Å². The molecular formula is C26H32N2O2. The fourth-order valence-electron chi connectivity index (χ4n) is 5.35. The van der Waals surface area contributed by atoms with Crippen LogP contribution in [-0.2, 0) is 6.42 Å². The Morgan fingerprint density at radius 3 is 2.67 bits per heavy atom. The van der Waals surface area contributed by atoms with E-state index in [-0.39, 0.29) is 11.7 Å². The van der Waals surface area contributed by atoms with E-state index in [2.05, 4.69) is 24.8 Å². The van der Waals surface area contributed by atoms with Crippen molar-refractivity contribution < 1.29 is 9.53 Å². The van der Waals surface area contributed by atoms with E-state index >= 15 is 0 Å². The minimum atomic E-state index is 0.0635. The third-order valence-corrected chi connectivity index (χ3v) is 7.33. The lowest BCUT2D eigenvalue weighted by molar-refractivity contribution is 0.0304. The van der Waals surface area contributed by atoms with Gasteiger partial charge in [0.25, 0.3) is 0 Å². The van der Waals surface area contributed by atoms with Gasteiger partial charge in [-0.15, -0.1) is 0 Å². The molecule has 0 amide bonds. The van der Waals surface area contributed by atoms with Crippen molar-refractivity contribution in [3.05, 3.63) is 41.5 Å². The van der Waals surface area contributed by atoms with Gasteiger partial charge in [0.15, 0.2) is 5.78 Å². The third-order valence-electron chi connectivity index (χ3n) is 7.33. The van der Waals surface area contributed by atoms with Crippen molar-refractivity contribution in [3.63, 3.8) is 0 Å². The molecule has 4 nitrogen and oxygen atoms in total. The monoisotopic (exact) mass is 404 g/mol. The normalized spacial score (nSPS) is 22.6. The van der Waals surface area contributed by atoms with Crippen LogP contribution in [0, 0.1) is 29.1 Å². The molecule has 158 valence electrons. The number of ether oxygens (including phenoxy) is 1. The summed E-state index contributed by atoms with van der Waals surface area (Å²) in [6.45, 7) is 6.54. The summed E-state index contributed by atoms with van der Waals surface area (Å²) in [6.07, 6.45) is 5.30. The first-order valence-corrected chi connectivity index (χ1v) is 11.3. The second-order valence-corrected chi connectivity index (χ2v) is 9.26. The van der Waals surface area contributed by atoms with Gasteiger partial charge >= 0.3 is 0 Å². The molecule has 4 heteroatoms. The van der Waals surface area contributed by atoms with Crippen molar-refractivity contribution in [2.24, 2.45) is 17.8 Å². The molecule has 1 aliphatic heterocycles. The van der Waals surface area contributed by atoms with Gasteiger partial charge in [0.1, 0.15) is 5.75 Å². The summed E-state index contributed by atoms with van der Waals surface area (Å²) in [4.78, 5) is 16.2. The van der Waals surface area contributed by atoms with E-state index in [9.17, 15) is 10.1 Å². The van der Waals surface area contributed by atoms with Crippen molar-refractivity contribution in [1.29, 1.82) is 5.26 Å². The maximum atomic E-state index is 13.7. The Bertz CT molecular complexity index is 971. The topological polar surface area (TPSA) is 53.3 Å². The van der Waals surface area contributed by atoms with E-state index in [0.717, 1.165) is 47.2 Å². The number of nitrogens with zero attached hydrogens (tertiary/aromatic N) is 2. The number of rotatable bonds is 6. The average Bonchev–Trinajstić information content (AvgIpc) is 2.71. The lowest BCUT2D eigenvalue weighted by atomic mass is 9.73.